The van der Waals surface area contributed by atoms with Crippen molar-refractivity contribution in [1.82, 2.24) is 5.32 Å². The van der Waals surface area contributed by atoms with E-state index in [0.29, 0.717) is 0 Å². The number of benzene rings is 1. The first-order chi connectivity index (χ1) is 7.69. The molecule has 0 aliphatic heterocycles. The fraction of sp³-hybridized carbons (Fsp3) is 0.538. The molecular weight excluding hydrogens is 202 g/mol. The summed E-state index contributed by atoms with van der Waals surface area (Å²) in [5, 5.41) is 3.42. The van der Waals surface area contributed by atoms with Crippen molar-refractivity contribution in [3.8, 4) is 5.75 Å². The summed E-state index contributed by atoms with van der Waals surface area (Å²) in [5.74, 6) is 0.924. The maximum Gasteiger partial charge on any atom is 0.123 e. The second-order valence-electron chi connectivity index (χ2n) is 3.92. The van der Waals surface area contributed by atoms with Crippen molar-refractivity contribution in [2.45, 2.75) is 26.0 Å². The fourth-order valence-electron chi connectivity index (χ4n) is 1.56. The van der Waals surface area contributed by atoms with Crippen LogP contribution < -0.4 is 10.1 Å². The summed E-state index contributed by atoms with van der Waals surface area (Å²) in [6.45, 7) is 5.00. The normalized spacial score (nSPS) is 14.5. The van der Waals surface area contributed by atoms with E-state index in [-0.39, 0.29) is 12.1 Å². The zero-order valence-corrected chi connectivity index (χ0v) is 10.5. The van der Waals surface area contributed by atoms with Crippen LogP contribution in [0.15, 0.2) is 24.3 Å². The Morgan fingerprint density at radius 3 is 2.50 bits per heavy atom. The molecule has 1 N–H and O–H groups in total. The van der Waals surface area contributed by atoms with Gasteiger partial charge in [-0.1, -0.05) is 18.2 Å². The molecule has 1 rings (SSSR count). The molecule has 1 aromatic carbocycles. The smallest absolute Gasteiger partial charge is 0.123 e. The third-order valence-electron chi connectivity index (χ3n) is 2.72. The summed E-state index contributed by atoms with van der Waals surface area (Å²) >= 11 is 0. The monoisotopic (exact) mass is 223 g/mol. The average Bonchev–Trinajstić information content (AvgIpc) is 2.35. The molecule has 0 aliphatic carbocycles. The SMILES string of the molecule is COc1ccccc1[C@H](C)NCC(C)OC. The Morgan fingerprint density at radius 1 is 1.19 bits per heavy atom. The minimum atomic E-state index is 0.220. The van der Waals surface area contributed by atoms with Crippen LogP contribution in [0.25, 0.3) is 0 Å². The van der Waals surface area contributed by atoms with Gasteiger partial charge >= 0.3 is 0 Å². The Balaban J connectivity index is 2.61. The Kier molecular flexibility index (Phi) is 5.29. The van der Waals surface area contributed by atoms with Crippen LogP contribution in [0.4, 0.5) is 0 Å². The van der Waals surface area contributed by atoms with E-state index >= 15 is 0 Å². The molecule has 0 aromatic heterocycles. The van der Waals surface area contributed by atoms with Gasteiger partial charge in [0.15, 0.2) is 0 Å². The topological polar surface area (TPSA) is 30.5 Å². The standard InChI is InChI=1S/C13H21NO2/c1-10(15-3)9-14-11(2)12-7-5-6-8-13(12)16-4/h5-8,10-11,14H,9H2,1-4H3/t10?,11-/m0/s1. The number of hydrogen-bond acceptors (Lipinski definition) is 3. The predicted octanol–water partition coefficient (Wildman–Crippen LogP) is 2.38. The lowest BCUT2D eigenvalue weighted by Crippen LogP contribution is -2.28. The highest BCUT2D eigenvalue weighted by molar-refractivity contribution is 5.35. The van der Waals surface area contributed by atoms with Crippen molar-refractivity contribution >= 4 is 0 Å². The molecule has 1 aromatic rings. The van der Waals surface area contributed by atoms with E-state index in [9.17, 15) is 0 Å². The maximum atomic E-state index is 5.33. The van der Waals surface area contributed by atoms with Crippen LogP contribution in [0.3, 0.4) is 0 Å². The van der Waals surface area contributed by atoms with E-state index < -0.39 is 0 Å². The second kappa shape index (κ2) is 6.51. The van der Waals surface area contributed by atoms with Crippen LogP contribution in [-0.4, -0.2) is 26.9 Å². The quantitative estimate of drug-likeness (QED) is 0.803. The van der Waals surface area contributed by atoms with Crippen molar-refractivity contribution in [1.29, 1.82) is 0 Å². The second-order valence-corrected chi connectivity index (χ2v) is 3.92. The van der Waals surface area contributed by atoms with Gasteiger partial charge in [-0.15, -0.1) is 0 Å². The highest BCUT2D eigenvalue weighted by Gasteiger charge is 2.10. The molecule has 3 heteroatoms. The van der Waals surface area contributed by atoms with Gasteiger partial charge in [0.1, 0.15) is 5.75 Å². The Hall–Kier alpha value is -1.06. The molecule has 1 unspecified atom stereocenters. The summed E-state index contributed by atoms with van der Waals surface area (Å²) in [4.78, 5) is 0. The first kappa shape index (κ1) is 13.0. The highest BCUT2D eigenvalue weighted by Crippen LogP contribution is 2.24. The number of nitrogens with one attached hydrogen (secondary N) is 1. The molecule has 0 heterocycles. The summed E-state index contributed by atoms with van der Waals surface area (Å²) in [6, 6.07) is 8.32. The Labute approximate surface area is 97.8 Å². The third-order valence-corrected chi connectivity index (χ3v) is 2.72. The summed E-state index contributed by atoms with van der Waals surface area (Å²) in [6.07, 6.45) is 0.220. The van der Waals surface area contributed by atoms with Crippen molar-refractivity contribution in [2.24, 2.45) is 0 Å². The lowest BCUT2D eigenvalue weighted by molar-refractivity contribution is 0.115. The van der Waals surface area contributed by atoms with Gasteiger partial charge in [-0.3, -0.25) is 0 Å². The lowest BCUT2D eigenvalue weighted by atomic mass is 10.1. The van der Waals surface area contributed by atoms with E-state index in [1.165, 1.54) is 5.56 Å². The zero-order valence-electron chi connectivity index (χ0n) is 10.5. The van der Waals surface area contributed by atoms with Crippen molar-refractivity contribution in [2.75, 3.05) is 20.8 Å². The molecule has 2 atom stereocenters. The molecule has 0 aliphatic rings. The Morgan fingerprint density at radius 2 is 1.88 bits per heavy atom. The number of hydrogen-bond donors (Lipinski definition) is 1. The molecule has 16 heavy (non-hydrogen) atoms. The number of ether oxygens (including phenoxy) is 2. The van der Waals surface area contributed by atoms with Gasteiger partial charge in [0.2, 0.25) is 0 Å². The molecule has 0 spiro atoms. The van der Waals surface area contributed by atoms with Crippen LogP contribution in [-0.2, 0) is 4.74 Å². The molecule has 0 radical (unpaired) electrons. The van der Waals surface area contributed by atoms with Crippen LogP contribution >= 0.6 is 0 Å². The van der Waals surface area contributed by atoms with Gasteiger partial charge < -0.3 is 14.8 Å². The van der Waals surface area contributed by atoms with Crippen LogP contribution in [0.1, 0.15) is 25.5 Å². The van der Waals surface area contributed by atoms with E-state index in [2.05, 4.69) is 18.3 Å². The molecule has 0 saturated carbocycles. The first-order valence-corrected chi connectivity index (χ1v) is 5.58. The molecular formula is C13H21NO2. The maximum absolute atomic E-state index is 5.33. The highest BCUT2D eigenvalue weighted by atomic mass is 16.5. The van der Waals surface area contributed by atoms with Gasteiger partial charge in [-0.05, 0) is 19.9 Å². The number of para-hydroxylation sites is 1. The van der Waals surface area contributed by atoms with E-state index in [1.54, 1.807) is 14.2 Å². The van der Waals surface area contributed by atoms with E-state index in [4.69, 9.17) is 9.47 Å². The van der Waals surface area contributed by atoms with Gasteiger partial charge in [0, 0.05) is 25.3 Å². The van der Waals surface area contributed by atoms with Crippen LogP contribution in [0, 0.1) is 0 Å². The summed E-state index contributed by atoms with van der Waals surface area (Å²) in [7, 11) is 3.42. The van der Waals surface area contributed by atoms with Crippen molar-refractivity contribution < 1.29 is 9.47 Å². The fourth-order valence-corrected chi connectivity index (χ4v) is 1.56. The third kappa shape index (κ3) is 3.51. The van der Waals surface area contributed by atoms with E-state index in [1.807, 2.05) is 25.1 Å². The molecule has 0 saturated heterocycles. The van der Waals surface area contributed by atoms with Gasteiger partial charge in [0.05, 0.1) is 13.2 Å². The number of rotatable bonds is 6. The van der Waals surface area contributed by atoms with Crippen molar-refractivity contribution in [3.05, 3.63) is 29.8 Å². The summed E-state index contributed by atoms with van der Waals surface area (Å²) in [5.41, 5.74) is 1.17. The van der Waals surface area contributed by atoms with Crippen molar-refractivity contribution in [3.63, 3.8) is 0 Å². The van der Waals surface area contributed by atoms with Gasteiger partial charge in [0.25, 0.3) is 0 Å². The zero-order chi connectivity index (χ0) is 12.0. The van der Waals surface area contributed by atoms with Gasteiger partial charge in [-0.2, -0.15) is 0 Å². The van der Waals surface area contributed by atoms with Crippen LogP contribution in [0.5, 0.6) is 5.75 Å². The minimum absolute atomic E-state index is 0.220. The largest absolute Gasteiger partial charge is 0.496 e. The predicted molar refractivity (Wildman–Crippen MR) is 65.9 cm³/mol. The van der Waals surface area contributed by atoms with Gasteiger partial charge in [-0.25, -0.2) is 0 Å². The molecule has 0 bridgehead atoms. The van der Waals surface area contributed by atoms with E-state index in [0.717, 1.165) is 12.3 Å². The summed E-state index contributed by atoms with van der Waals surface area (Å²) < 4.78 is 10.5. The molecule has 0 fully saturated rings. The average molecular weight is 223 g/mol. The molecule has 3 nitrogen and oxygen atoms in total. The minimum Gasteiger partial charge on any atom is -0.496 e. The number of methoxy groups -OCH3 is 2. The molecule has 0 amide bonds. The van der Waals surface area contributed by atoms with Crippen LogP contribution in [0.2, 0.25) is 0 Å². The first-order valence-electron chi connectivity index (χ1n) is 5.58. The molecule has 90 valence electrons. The Bertz CT molecular complexity index is 315. The lowest BCUT2D eigenvalue weighted by Gasteiger charge is -2.19.